The lowest BCUT2D eigenvalue weighted by Crippen LogP contribution is -2.09. The Morgan fingerprint density at radius 3 is 2.48 bits per heavy atom. The van der Waals surface area contributed by atoms with E-state index in [4.69, 9.17) is 11.6 Å². The maximum atomic E-state index is 12.6. The smallest absolute Gasteiger partial charge is 0.214 e. The molecule has 102 valence electrons. The number of para-hydroxylation sites is 1. The summed E-state index contributed by atoms with van der Waals surface area (Å²) in [5, 5.41) is 20.6. The van der Waals surface area contributed by atoms with Crippen LogP contribution in [0.2, 0.25) is 5.02 Å². The van der Waals surface area contributed by atoms with E-state index >= 15 is 0 Å². The zero-order valence-electron chi connectivity index (χ0n) is 10.7. The molecule has 3 rings (SSSR count). The van der Waals surface area contributed by atoms with Gasteiger partial charge in [0.05, 0.1) is 11.1 Å². The van der Waals surface area contributed by atoms with Gasteiger partial charge in [0.2, 0.25) is 5.78 Å². The summed E-state index contributed by atoms with van der Waals surface area (Å²) in [7, 11) is 0. The van der Waals surface area contributed by atoms with Gasteiger partial charge in [-0.05, 0) is 30.3 Å². The highest BCUT2D eigenvalue weighted by atomic mass is 35.5. The molecule has 0 atom stereocenters. The Bertz CT molecular complexity index is 889. The fraction of sp³-hybridized carbons (Fsp3) is 0. The fourth-order valence-corrected chi connectivity index (χ4v) is 2.41. The molecule has 0 aliphatic heterocycles. The fourth-order valence-electron chi connectivity index (χ4n) is 2.28. The number of aromatic nitrogens is 1. The summed E-state index contributed by atoms with van der Waals surface area (Å²) >= 11 is 5.80. The van der Waals surface area contributed by atoms with Gasteiger partial charge < -0.3 is 5.21 Å². The molecule has 0 radical (unpaired) electrons. The molecule has 1 N–H and O–H groups in total. The van der Waals surface area contributed by atoms with Gasteiger partial charge in [-0.1, -0.05) is 29.8 Å². The summed E-state index contributed by atoms with van der Waals surface area (Å²) in [4.78, 5) is 12.6. The molecule has 1 heterocycles. The standard InChI is InChI=1S/C16H9ClN2O2/c17-11-7-5-10(6-8-11)16(20)15-13(9-18)12-3-1-2-4-14(12)19(15)21/h1-8,21H. The van der Waals surface area contributed by atoms with Crippen molar-refractivity contribution in [3.8, 4) is 6.07 Å². The minimum absolute atomic E-state index is 0.0407. The van der Waals surface area contributed by atoms with E-state index in [1.165, 1.54) is 0 Å². The number of nitriles is 1. The first-order chi connectivity index (χ1) is 10.1. The molecule has 4 nitrogen and oxygen atoms in total. The summed E-state index contributed by atoms with van der Waals surface area (Å²) in [6.45, 7) is 0. The van der Waals surface area contributed by atoms with Crippen LogP contribution in [-0.4, -0.2) is 15.7 Å². The number of benzene rings is 2. The molecule has 0 aliphatic carbocycles. The predicted octanol–water partition coefficient (Wildman–Crippen LogP) is 3.63. The number of halogens is 1. The molecule has 0 amide bonds. The van der Waals surface area contributed by atoms with Crippen molar-refractivity contribution >= 4 is 28.3 Å². The van der Waals surface area contributed by atoms with Crippen LogP contribution in [0.5, 0.6) is 0 Å². The van der Waals surface area contributed by atoms with Crippen molar-refractivity contribution in [2.24, 2.45) is 0 Å². The molecule has 0 saturated heterocycles. The van der Waals surface area contributed by atoms with E-state index in [-0.39, 0.29) is 11.3 Å². The number of carbonyl (C=O) groups is 1. The van der Waals surface area contributed by atoms with Crippen LogP contribution in [0.3, 0.4) is 0 Å². The van der Waals surface area contributed by atoms with Crippen LogP contribution in [-0.2, 0) is 0 Å². The summed E-state index contributed by atoms with van der Waals surface area (Å²) in [5.41, 5.74) is 0.898. The Morgan fingerprint density at radius 1 is 1.14 bits per heavy atom. The van der Waals surface area contributed by atoms with Crippen molar-refractivity contribution in [3.05, 3.63) is 70.4 Å². The zero-order valence-corrected chi connectivity index (χ0v) is 11.5. The van der Waals surface area contributed by atoms with Gasteiger partial charge in [0, 0.05) is 16.0 Å². The van der Waals surface area contributed by atoms with Crippen molar-refractivity contribution in [1.82, 2.24) is 4.73 Å². The van der Waals surface area contributed by atoms with Crippen molar-refractivity contribution in [2.75, 3.05) is 0 Å². The third-order valence-corrected chi connectivity index (χ3v) is 3.54. The SMILES string of the molecule is N#Cc1c(C(=O)c2ccc(Cl)cc2)n(O)c2ccccc12. The van der Waals surface area contributed by atoms with Crippen LogP contribution >= 0.6 is 11.6 Å². The summed E-state index contributed by atoms with van der Waals surface area (Å²) in [5.74, 6) is -0.429. The molecule has 0 spiro atoms. The number of carbonyl (C=O) groups excluding carboxylic acids is 1. The lowest BCUT2D eigenvalue weighted by atomic mass is 10.0. The molecule has 3 aromatic rings. The molecular formula is C16H9ClN2O2. The van der Waals surface area contributed by atoms with E-state index in [0.717, 1.165) is 4.73 Å². The van der Waals surface area contributed by atoms with Gasteiger partial charge in [-0.25, -0.2) is 0 Å². The monoisotopic (exact) mass is 296 g/mol. The molecule has 0 unspecified atom stereocenters. The van der Waals surface area contributed by atoms with Crippen molar-refractivity contribution in [2.45, 2.75) is 0 Å². The van der Waals surface area contributed by atoms with Crippen molar-refractivity contribution in [3.63, 3.8) is 0 Å². The minimum Gasteiger partial charge on any atom is -0.428 e. The average molecular weight is 297 g/mol. The van der Waals surface area contributed by atoms with Crippen molar-refractivity contribution in [1.29, 1.82) is 5.26 Å². The molecule has 1 aromatic heterocycles. The normalized spacial score (nSPS) is 10.5. The predicted molar refractivity (Wildman–Crippen MR) is 78.7 cm³/mol. The van der Waals surface area contributed by atoms with E-state index in [0.29, 0.717) is 21.5 Å². The van der Waals surface area contributed by atoms with Crippen LogP contribution in [0.25, 0.3) is 10.9 Å². The van der Waals surface area contributed by atoms with Gasteiger partial charge in [-0.2, -0.15) is 9.99 Å². The Balaban J connectivity index is 2.25. The van der Waals surface area contributed by atoms with E-state index in [1.807, 2.05) is 6.07 Å². The van der Waals surface area contributed by atoms with Crippen LogP contribution in [0.15, 0.2) is 48.5 Å². The van der Waals surface area contributed by atoms with Crippen LogP contribution in [0.4, 0.5) is 0 Å². The topological polar surface area (TPSA) is 66.0 Å². The van der Waals surface area contributed by atoms with Crippen molar-refractivity contribution < 1.29 is 10.0 Å². The third kappa shape index (κ3) is 2.04. The van der Waals surface area contributed by atoms with E-state index in [9.17, 15) is 15.3 Å². The Hall–Kier alpha value is -2.77. The molecule has 5 heteroatoms. The first-order valence-electron chi connectivity index (χ1n) is 6.16. The number of fused-ring (bicyclic) bond motifs is 1. The Kier molecular flexibility index (Phi) is 3.13. The highest BCUT2D eigenvalue weighted by molar-refractivity contribution is 6.30. The second-order valence-corrected chi connectivity index (χ2v) is 4.94. The summed E-state index contributed by atoms with van der Waals surface area (Å²) in [6.07, 6.45) is 0. The van der Waals surface area contributed by atoms with E-state index in [1.54, 1.807) is 48.5 Å². The van der Waals surface area contributed by atoms with E-state index in [2.05, 4.69) is 0 Å². The second-order valence-electron chi connectivity index (χ2n) is 4.50. The molecular weight excluding hydrogens is 288 g/mol. The summed E-state index contributed by atoms with van der Waals surface area (Å²) in [6, 6.07) is 15.1. The molecule has 0 bridgehead atoms. The van der Waals surface area contributed by atoms with Gasteiger partial charge in [0.1, 0.15) is 11.8 Å². The zero-order chi connectivity index (χ0) is 15.0. The van der Waals surface area contributed by atoms with Gasteiger partial charge >= 0.3 is 0 Å². The maximum Gasteiger partial charge on any atom is 0.214 e. The van der Waals surface area contributed by atoms with Gasteiger partial charge in [0.25, 0.3) is 0 Å². The highest BCUT2D eigenvalue weighted by Crippen LogP contribution is 2.26. The summed E-state index contributed by atoms with van der Waals surface area (Å²) < 4.78 is 0.769. The van der Waals surface area contributed by atoms with Gasteiger partial charge in [-0.3, -0.25) is 4.79 Å². The maximum absolute atomic E-state index is 12.6. The average Bonchev–Trinajstić information content (AvgIpc) is 2.80. The van der Waals surface area contributed by atoms with Crippen LogP contribution < -0.4 is 0 Å². The molecule has 21 heavy (non-hydrogen) atoms. The van der Waals surface area contributed by atoms with Crippen LogP contribution in [0.1, 0.15) is 21.6 Å². The lowest BCUT2D eigenvalue weighted by Gasteiger charge is -2.03. The number of nitrogens with zero attached hydrogens (tertiary/aromatic N) is 2. The minimum atomic E-state index is -0.429. The largest absolute Gasteiger partial charge is 0.428 e. The Labute approximate surface area is 125 Å². The number of hydrogen-bond acceptors (Lipinski definition) is 3. The van der Waals surface area contributed by atoms with Gasteiger partial charge in [0.15, 0.2) is 0 Å². The third-order valence-electron chi connectivity index (χ3n) is 3.28. The number of rotatable bonds is 2. The quantitative estimate of drug-likeness (QED) is 0.580. The highest BCUT2D eigenvalue weighted by Gasteiger charge is 2.23. The van der Waals surface area contributed by atoms with E-state index < -0.39 is 5.78 Å². The lowest BCUT2D eigenvalue weighted by molar-refractivity contribution is 0.0991. The molecule has 0 saturated carbocycles. The molecule has 0 fully saturated rings. The second kappa shape index (κ2) is 4.97. The number of ketones is 1. The van der Waals surface area contributed by atoms with Crippen LogP contribution in [0, 0.1) is 11.3 Å². The molecule has 2 aromatic carbocycles. The molecule has 0 aliphatic rings. The Morgan fingerprint density at radius 2 is 1.81 bits per heavy atom. The van der Waals surface area contributed by atoms with Gasteiger partial charge in [-0.15, -0.1) is 0 Å². The number of hydrogen-bond donors (Lipinski definition) is 1. The first kappa shape index (κ1) is 13.2. The first-order valence-corrected chi connectivity index (χ1v) is 6.54.